The standard InChI is InChI=1S/C21H18N4O2/c1-13-20-18(12-26-13)19(17(10-22)21(23)25-20)14-5-4-7-16(9-14)27-11-15-6-2-3-8-24-15/h2-9,13H,11-12H2,1H3,(H2,23,25). The summed E-state index contributed by atoms with van der Waals surface area (Å²) in [6.07, 6.45) is 1.59. The second-order valence-electron chi connectivity index (χ2n) is 6.31. The molecule has 1 atom stereocenters. The highest BCUT2D eigenvalue weighted by atomic mass is 16.5. The number of rotatable bonds is 4. The third-order valence-electron chi connectivity index (χ3n) is 4.57. The van der Waals surface area contributed by atoms with Gasteiger partial charge in [0.1, 0.15) is 29.8 Å². The summed E-state index contributed by atoms with van der Waals surface area (Å²) < 4.78 is 11.6. The van der Waals surface area contributed by atoms with Gasteiger partial charge in [-0.2, -0.15) is 5.26 Å². The quantitative estimate of drug-likeness (QED) is 0.763. The van der Waals surface area contributed by atoms with Crippen molar-refractivity contribution in [1.82, 2.24) is 9.97 Å². The van der Waals surface area contributed by atoms with Crippen molar-refractivity contribution in [3.8, 4) is 22.9 Å². The molecule has 4 rings (SSSR count). The first-order valence-corrected chi connectivity index (χ1v) is 8.64. The van der Waals surface area contributed by atoms with Crippen LogP contribution in [-0.2, 0) is 18.0 Å². The molecule has 0 saturated heterocycles. The molecule has 0 fully saturated rings. The Balaban J connectivity index is 1.72. The van der Waals surface area contributed by atoms with Gasteiger partial charge in [0.05, 0.1) is 24.1 Å². The number of aromatic nitrogens is 2. The van der Waals surface area contributed by atoms with Crippen LogP contribution in [0.2, 0.25) is 0 Å². The fraction of sp³-hybridized carbons (Fsp3) is 0.190. The van der Waals surface area contributed by atoms with Crippen LogP contribution in [0.25, 0.3) is 11.1 Å². The van der Waals surface area contributed by atoms with Crippen LogP contribution in [0.15, 0.2) is 48.7 Å². The molecule has 6 nitrogen and oxygen atoms in total. The molecule has 0 radical (unpaired) electrons. The number of benzene rings is 1. The van der Waals surface area contributed by atoms with Gasteiger partial charge in [-0.1, -0.05) is 18.2 Å². The highest BCUT2D eigenvalue weighted by molar-refractivity contribution is 5.80. The van der Waals surface area contributed by atoms with E-state index in [1.165, 1.54) is 0 Å². The number of nitrogens with two attached hydrogens (primary N) is 1. The largest absolute Gasteiger partial charge is 0.487 e. The molecule has 0 aliphatic carbocycles. The summed E-state index contributed by atoms with van der Waals surface area (Å²) in [5, 5.41) is 9.63. The van der Waals surface area contributed by atoms with E-state index in [0.717, 1.165) is 28.1 Å². The molecule has 1 aliphatic rings. The predicted molar refractivity (Wildman–Crippen MR) is 101 cm³/mol. The third kappa shape index (κ3) is 3.21. The molecule has 1 aromatic carbocycles. The van der Waals surface area contributed by atoms with Crippen LogP contribution in [0.4, 0.5) is 5.82 Å². The Kier molecular flexibility index (Phi) is 4.45. The molecule has 3 aromatic rings. The minimum atomic E-state index is -0.141. The third-order valence-corrected chi connectivity index (χ3v) is 4.57. The minimum Gasteiger partial charge on any atom is -0.487 e. The van der Waals surface area contributed by atoms with Gasteiger partial charge in [-0.05, 0) is 36.8 Å². The maximum Gasteiger partial charge on any atom is 0.142 e. The molecule has 2 aromatic heterocycles. The second kappa shape index (κ2) is 7.06. The fourth-order valence-corrected chi connectivity index (χ4v) is 3.24. The first kappa shape index (κ1) is 17.0. The molecule has 27 heavy (non-hydrogen) atoms. The molecule has 0 bridgehead atoms. The van der Waals surface area contributed by atoms with Gasteiger partial charge >= 0.3 is 0 Å². The van der Waals surface area contributed by atoms with Crippen molar-refractivity contribution in [2.24, 2.45) is 0 Å². The van der Waals surface area contributed by atoms with E-state index in [-0.39, 0.29) is 11.9 Å². The van der Waals surface area contributed by atoms with Crippen LogP contribution >= 0.6 is 0 Å². The monoisotopic (exact) mass is 358 g/mol. The van der Waals surface area contributed by atoms with Crippen molar-refractivity contribution in [3.05, 3.63) is 71.2 Å². The highest BCUT2D eigenvalue weighted by Crippen LogP contribution is 2.40. The van der Waals surface area contributed by atoms with Crippen molar-refractivity contribution in [2.45, 2.75) is 26.2 Å². The van der Waals surface area contributed by atoms with E-state index < -0.39 is 0 Å². The van der Waals surface area contributed by atoms with Crippen molar-refractivity contribution < 1.29 is 9.47 Å². The van der Waals surface area contributed by atoms with Crippen LogP contribution in [0.5, 0.6) is 5.75 Å². The lowest BCUT2D eigenvalue weighted by molar-refractivity contribution is 0.0780. The van der Waals surface area contributed by atoms with Crippen LogP contribution in [0, 0.1) is 11.3 Å². The van der Waals surface area contributed by atoms with E-state index in [1.807, 2.05) is 49.4 Å². The van der Waals surface area contributed by atoms with E-state index in [2.05, 4.69) is 16.0 Å². The summed E-state index contributed by atoms with van der Waals surface area (Å²) in [6, 6.07) is 15.5. The molecule has 1 aliphatic heterocycles. The first-order chi connectivity index (χ1) is 13.2. The maximum absolute atomic E-state index is 9.63. The molecule has 134 valence electrons. The Labute approximate surface area is 157 Å². The lowest BCUT2D eigenvalue weighted by atomic mass is 9.94. The van der Waals surface area contributed by atoms with Gasteiger partial charge in [0.15, 0.2) is 0 Å². The van der Waals surface area contributed by atoms with Crippen LogP contribution in [-0.4, -0.2) is 9.97 Å². The average molecular weight is 358 g/mol. The Bertz CT molecular complexity index is 1030. The number of pyridine rings is 2. The SMILES string of the molecule is CC1OCc2c1nc(N)c(C#N)c2-c1cccc(OCc2ccccn2)c1. The number of nitrogen functional groups attached to an aromatic ring is 1. The number of nitriles is 1. The van der Waals surface area contributed by atoms with E-state index >= 15 is 0 Å². The van der Waals surface area contributed by atoms with Crippen LogP contribution in [0.3, 0.4) is 0 Å². The van der Waals surface area contributed by atoms with Gasteiger partial charge in [-0.15, -0.1) is 0 Å². The molecular weight excluding hydrogens is 340 g/mol. The molecule has 0 spiro atoms. The second-order valence-corrected chi connectivity index (χ2v) is 6.31. The number of fused-ring (bicyclic) bond motifs is 1. The molecule has 0 saturated carbocycles. The first-order valence-electron chi connectivity index (χ1n) is 8.64. The number of hydrogen-bond donors (Lipinski definition) is 1. The summed E-state index contributed by atoms with van der Waals surface area (Å²) in [6.45, 7) is 2.71. The Morgan fingerprint density at radius 3 is 2.96 bits per heavy atom. The van der Waals surface area contributed by atoms with Gasteiger partial charge in [-0.3, -0.25) is 4.98 Å². The molecule has 2 N–H and O–H groups in total. The summed E-state index contributed by atoms with van der Waals surface area (Å²) in [4.78, 5) is 8.64. The predicted octanol–water partition coefficient (Wildman–Crippen LogP) is 3.77. The summed E-state index contributed by atoms with van der Waals surface area (Å²) in [5.74, 6) is 0.918. The smallest absolute Gasteiger partial charge is 0.142 e. The summed E-state index contributed by atoms with van der Waals surface area (Å²) in [7, 11) is 0. The minimum absolute atomic E-state index is 0.141. The van der Waals surface area contributed by atoms with Gasteiger partial charge in [0, 0.05) is 17.3 Å². The van der Waals surface area contributed by atoms with Crippen molar-refractivity contribution in [3.63, 3.8) is 0 Å². The summed E-state index contributed by atoms with van der Waals surface area (Å²) >= 11 is 0. The summed E-state index contributed by atoms with van der Waals surface area (Å²) in [5.41, 5.74) is 10.6. The molecule has 0 amide bonds. The zero-order valence-corrected chi connectivity index (χ0v) is 14.8. The maximum atomic E-state index is 9.63. The Morgan fingerprint density at radius 2 is 2.19 bits per heavy atom. The topological polar surface area (TPSA) is 94.1 Å². The van der Waals surface area contributed by atoms with E-state index in [0.29, 0.717) is 24.5 Å². The molecule has 3 heterocycles. The lowest BCUT2D eigenvalue weighted by Crippen LogP contribution is -2.05. The molecule has 6 heteroatoms. The number of hydrogen-bond acceptors (Lipinski definition) is 6. The van der Waals surface area contributed by atoms with Gasteiger partial charge in [0.25, 0.3) is 0 Å². The fourth-order valence-electron chi connectivity index (χ4n) is 3.24. The van der Waals surface area contributed by atoms with Crippen LogP contribution in [0.1, 0.15) is 35.5 Å². The van der Waals surface area contributed by atoms with Crippen molar-refractivity contribution >= 4 is 5.82 Å². The number of nitrogens with zero attached hydrogens (tertiary/aromatic N) is 3. The Morgan fingerprint density at radius 1 is 1.30 bits per heavy atom. The van der Waals surface area contributed by atoms with E-state index in [9.17, 15) is 5.26 Å². The number of ether oxygens (including phenoxy) is 2. The molecule has 1 unspecified atom stereocenters. The molecular formula is C21H18N4O2. The normalized spacial score (nSPS) is 15.2. The average Bonchev–Trinajstić information content (AvgIpc) is 3.06. The van der Waals surface area contributed by atoms with Gasteiger partial charge < -0.3 is 15.2 Å². The van der Waals surface area contributed by atoms with Crippen LogP contribution < -0.4 is 10.5 Å². The Hall–Kier alpha value is -3.43. The van der Waals surface area contributed by atoms with Gasteiger partial charge in [-0.25, -0.2) is 4.98 Å². The van der Waals surface area contributed by atoms with Gasteiger partial charge in [0.2, 0.25) is 0 Å². The number of anilines is 1. The van der Waals surface area contributed by atoms with E-state index in [4.69, 9.17) is 15.2 Å². The zero-order valence-electron chi connectivity index (χ0n) is 14.8. The lowest BCUT2D eigenvalue weighted by Gasteiger charge is -2.14. The van der Waals surface area contributed by atoms with Crippen molar-refractivity contribution in [2.75, 3.05) is 5.73 Å². The highest BCUT2D eigenvalue weighted by Gasteiger charge is 2.28. The van der Waals surface area contributed by atoms with E-state index in [1.54, 1.807) is 6.20 Å². The zero-order chi connectivity index (χ0) is 18.8. The van der Waals surface area contributed by atoms with Crippen molar-refractivity contribution in [1.29, 1.82) is 5.26 Å².